The fraction of sp³-hybridized carbons (Fsp3) is 0.483. The fourth-order valence-electron chi connectivity index (χ4n) is 6.49. The lowest BCUT2D eigenvalue weighted by Gasteiger charge is -2.35. The molecule has 2 aromatic rings. The van der Waals surface area contributed by atoms with Gasteiger partial charge in [-0.3, -0.25) is 14.4 Å². The third-order valence-corrected chi connectivity index (χ3v) is 11.4. The number of nitrogens with zero attached hydrogens (tertiary/aromatic N) is 1. The molecule has 6 atom stereocenters. The molecule has 2 bridgehead atoms. The average Bonchev–Trinajstić information content (AvgIpc) is 3.48. The highest BCUT2D eigenvalue weighted by Gasteiger charge is 2.75. The minimum absolute atomic E-state index is 0.0212. The Kier molecular flexibility index (Phi) is 7.89. The summed E-state index contributed by atoms with van der Waals surface area (Å²) in [5, 5.41) is 15.3. The molecular weight excluding hydrogens is 566 g/mol. The van der Waals surface area contributed by atoms with Gasteiger partial charge in [-0.1, -0.05) is 52.3 Å². The summed E-state index contributed by atoms with van der Waals surface area (Å²) < 4.78 is -0.688. The Labute approximate surface area is 236 Å². The number of amides is 3. The summed E-state index contributed by atoms with van der Waals surface area (Å²) >= 11 is 5.45. The van der Waals surface area contributed by atoms with Gasteiger partial charge in [-0.25, -0.2) is 0 Å². The Bertz CT molecular complexity index is 1210. The first-order valence-electron chi connectivity index (χ1n) is 13.2. The molecule has 9 heteroatoms. The quantitative estimate of drug-likeness (QED) is 0.291. The smallest absolute Gasteiger partial charge is 0.248 e. The predicted molar refractivity (Wildman–Crippen MR) is 154 cm³/mol. The van der Waals surface area contributed by atoms with E-state index in [2.05, 4.69) is 26.6 Å². The van der Waals surface area contributed by atoms with E-state index in [4.69, 9.17) is 0 Å². The van der Waals surface area contributed by atoms with Crippen LogP contribution in [0.1, 0.15) is 36.8 Å². The largest absolute Gasteiger partial charge is 0.396 e. The first-order valence-corrected chi connectivity index (χ1v) is 15.0. The number of alkyl halides is 1. The molecule has 1 spiro atoms. The van der Waals surface area contributed by atoms with E-state index in [1.54, 1.807) is 16.7 Å². The maximum atomic E-state index is 14.1. The van der Waals surface area contributed by atoms with Crippen molar-refractivity contribution < 1.29 is 19.5 Å². The maximum Gasteiger partial charge on any atom is 0.248 e. The lowest BCUT2D eigenvalue weighted by Crippen LogP contribution is -2.53. The molecular formula is C29H34BrN3O4S. The van der Waals surface area contributed by atoms with Gasteiger partial charge in [-0.2, -0.15) is 0 Å². The lowest BCUT2D eigenvalue weighted by atomic mass is 9.70. The zero-order chi connectivity index (χ0) is 27.0. The zero-order valence-corrected chi connectivity index (χ0v) is 24.1. The number of hydrogen-bond donors (Lipinski definition) is 3. The molecule has 3 unspecified atom stereocenters. The second-order valence-corrected chi connectivity index (χ2v) is 13.3. The van der Waals surface area contributed by atoms with Crippen molar-refractivity contribution in [2.24, 2.45) is 11.8 Å². The number of benzene rings is 2. The average molecular weight is 601 g/mol. The van der Waals surface area contributed by atoms with E-state index < -0.39 is 22.6 Å². The zero-order valence-electron chi connectivity index (χ0n) is 21.7. The predicted octanol–water partition coefficient (Wildman–Crippen LogP) is 4.51. The van der Waals surface area contributed by atoms with E-state index in [9.17, 15) is 19.5 Å². The highest BCUT2D eigenvalue weighted by molar-refractivity contribution is 9.09. The van der Waals surface area contributed by atoms with Gasteiger partial charge in [0.1, 0.15) is 6.04 Å². The Morgan fingerprint density at radius 1 is 1.03 bits per heavy atom. The van der Waals surface area contributed by atoms with Gasteiger partial charge < -0.3 is 20.6 Å². The van der Waals surface area contributed by atoms with Crippen LogP contribution in [-0.2, 0) is 14.4 Å². The maximum absolute atomic E-state index is 14.1. The van der Waals surface area contributed by atoms with Crippen molar-refractivity contribution >= 4 is 56.8 Å². The molecule has 0 radical (unpaired) electrons. The van der Waals surface area contributed by atoms with Gasteiger partial charge >= 0.3 is 0 Å². The van der Waals surface area contributed by atoms with Crippen LogP contribution in [0, 0.1) is 25.7 Å². The lowest BCUT2D eigenvalue weighted by molar-refractivity contribution is -0.138. The summed E-state index contributed by atoms with van der Waals surface area (Å²) in [7, 11) is 0. The number of para-hydroxylation sites is 2. The van der Waals surface area contributed by atoms with Crippen molar-refractivity contribution in [3.63, 3.8) is 0 Å². The van der Waals surface area contributed by atoms with Gasteiger partial charge in [0.2, 0.25) is 17.7 Å². The molecule has 202 valence electrons. The summed E-state index contributed by atoms with van der Waals surface area (Å²) in [5.41, 5.74) is 3.40. The molecule has 0 aromatic heterocycles. The van der Waals surface area contributed by atoms with Crippen LogP contribution in [0.5, 0.6) is 0 Å². The van der Waals surface area contributed by atoms with Crippen LogP contribution in [0.15, 0.2) is 48.5 Å². The van der Waals surface area contributed by atoms with E-state index in [0.29, 0.717) is 31.5 Å². The standard InChI is InChI=1S/C29H34BrN3O4S/c1-17-10-9-11-18(2)23(17)32-27(36)25-29-16-20(30)24(38-29)21(26(35)31-19-12-5-3-6-13-19)22(29)28(37)33(25)14-7-4-8-15-34/h3,5-6,9-13,20-22,24-25,34H,4,7-8,14-16H2,1-2H3,(H,31,35)(H,32,36)/t20?,21-,22-,24-,25?,29?/m0/s1. The second kappa shape index (κ2) is 11.0. The fourth-order valence-corrected chi connectivity index (χ4v) is 10.1. The van der Waals surface area contributed by atoms with E-state index in [-0.39, 0.29) is 34.4 Å². The SMILES string of the molecule is Cc1cccc(C)c1NC(=O)C1N(CCCCCO)C(=O)[C@@H]2[C@H](C(=O)Nc3ccccc3)[C@H]3SC12CC3Br. The Morgan fingerprint density at radius 2 is 1.74 bits per heavy atom. The summed E-state index contributed by atoms with van der Waals surface area (Å²) in [6.45, 7) is 4.45. The van der Waals surface area contributed by atoms with Gasteiger partial charge in [0.25, 0.3) is 0 Å². The molecule has 38 heavy (non-hydrogen) atoms. The number of anilines is 2. The molecule has 3 aliphatic heterocycles. The monoisotopic (exact) mass is 599 g/mol. The Morgan fingerprint density at radius 3 is 2.42 bits per heavy atom. The number of carbonyl (C=O) groups excluding carboxylic acids is 3. The van der Waals surface area contributed by atoms with Crippen LogP contribution in [0.25, 0.3) is 0 Å². The topological polar surface area (TPSA) is 98.7 Å². The van der Waals surface area contributed by atoms with Crippen LogP contribution < -0.4 is 10.6 Å². The second-order valence-electron chi connectivity index (χ2n) is 10.6. The van der Waals surface area contributed by atoms with E-state index in [1.807, 2.05) is 62.4 Å². The van der Waals surface area contributed by atoms with Crippen LogP contribution >= 0.6 is 27.7 Å². The number of aliphatic hydroxyl groups is 1. The first kappa shape index (κ1) is 27.2. The van der Waals surface area contributed by atoms with Gasteiger partial charge in [0, 0.05) is 34.6 Å². The number of thioether (sulfide) groups is 1. The number of rotatable bonds is 9. The van der Waals surface area contributed by atoms with Crippen molar-refractivity contribution in [2.75, 3.05) is 23.8 Å². The summed E-state index contributed by atoms with van der Waals surface area (Å²) in [6, 6.07) is 14.5. The number of likely N-dealkylation sites (tertiary alicyclic amines) is 1. The summed E-state index contributed by atoms with van der Waals surface area (Å²) in [4.78, 5) is 43.6. The van der Waals surface area contributed by atoms with E-state index in [1.165, 1.54) is 0 Å². The Hall–Kier alpha value is -2.36. The molecule has 7 nitrogen and oxygen atoms in total. The molecule has 3 aliphatic rings. The van der Waals surface area contributed by atoms with Crippen LogP contribution in [-0.4, -0.2) is 61.7 Å². The molecule has 0 aliphatic carbocycles. The highest BCUT2D eigenvalue weighted by Crippen LogP contribution is 2.67. The van der Waals surface area contributed by atoms with Crippen LogP contribution in [0.4, 0.5) is 11.4 Å². The number of nitrogens with one attached hydrogen (secondary N) is 2. The number of aliphatic hydroxyl groups excluding tert-OH is 1. The van der Waals surface area contributed by atoms with Crippen molar-refractivity contribution in [1.82, 2.24) is 4.90 Å². The number of carbonyl (C=O) groups is 3. The molecule has 0 saturated carbocycles. The van der Waals surface area contributed by atoms with Gasteiger partial charge in [-0.05, 0) is 62.8 Å². The third-order valence-electron chi connectivity index (χ3n) is 8.17. The van der Waals surface area contributed by atoms with Crippen molar-refractivity contribution in [3.8, 4) is 0 Å². The van der Waals surface area contributed by atoms with E-state index >= 15 is 0 Å². The number of halogens is 1. The van der Waals surface area contributed by atoms with Crippen molar-refractivity contribution in [3.05, 3.63) is 59.7 Å². The van der Waals surface area contributed by atoms with Crippen molar-refractivity contribution in [1.29, 1.82) is 0 Å². The first-order chi connectivity index (χ1) is 18.3. The highest BCUT2D eigenvalue weighted by atomic mass is 79.9. The third kappa shape index (κ3) is 4.67. The molecule has 3 fully saturated rings. The van der Waals surface area contributed by atoms with Crippen LogP contribution in [0.3, 0.4) is 0 Å². The van der Waals surface area contributed by atoms with Gasteiger partial charge in [-0.15, -0.1) is 11.8 Å². The van der Waals surface area contributed by atoms with Crippen molar-refractivity contribution in [2.45, 2.75) is 60.4 Å². The Balaban J connectivity index is 1.48. The number of aryl methyl sites for hydroxylation is 2. The molecule has 3 amide bonds. The minimum Gasteiger partial charge on any atom is -0.396 e. The summed E-state index contributed by atoms with van der Waals surface area (Å²) in [6.07, 6.45) is 2.75. The van der Waals surface area contributed by atoms with Gasteiger partial charge in [0.05, 0.1) is 16.6 Å². The molecule has 3 N–H and O–H groups in total. The van der Waals surface area contributed by atoms with Gasteiger partial charge in [0.15, 0.2) is 0 Å². The molecule has 3 saturated heterocycles. The summed E-state index contributed by atoms with van der Waals surface area (Å²) in [5.74, 6) is -1.59. The number of hydrogen-bond acceptors (Lipinski definition) is 5. The minimum atomic E-state index is -0.688. The molecule has 3 heterocycles. The normalized spacial score (nSPS) is 29.4. The molecule has 2 aromatic carbocycles. The van der Waals surface area contributed by atoms with Crippen LogP contribution in [0.2, 0.25) is 0 Å². The van der Waals surface area contributed by atoms with E-state index in [0.717, 1.165) is 23.2 Å². The number of fused-ring (bicyclic) bond motifs is 1. The molecule has 5 rings (SSSR count). The number of unbranched alkanes of at least 4 members (excludes halogenated alkanes) is 2.